The normalized spacial score (nSPS) is 11.7. The molecule has 2 heteroatoms. The van der Waals surface area contributed by atoms with Crippen molar-refractivity contribution in [1.29, 1.82) is 0 Å². The summed E-state index contributed by atoms with van der Waals surface area (Å²) in [6, 6.07) is 8.33. The predicted octanol–water partition coefficient (Wildman–Crippen LogP) is 4.90. The van der Waals surface area contributed by atoms with Crippen molar-refractivity contribution >= 4 is 12.4 Å². The van der Waals surface area contributed by atoms with E-state index in [0.29, 0.717) is 0 Å². The lowest BCUT2D eigenvalue weighted by Gasteiger charge is -2.00. The van der Waals surface area contributed by atoms with E-state index in [0.717, 1.165) is 13.1 Å². The van der Waals surface area contributed by atoms with Gasteiger partial charge in [-0.2, -0.15) is 0 Å². The Morgan fingerprint density at radius 2 is 1.20 bits per heavy atom. The monoisotopic (exact) mass is 272 g/mol. The number of benzene rings is 1. The van der Waals surface area contributed by atoms with Gasteiger partial charge in [0.2, 0.25) is 0 Å². The van der Waals surface area contributed by atoms with Gasteiger partial charge >= 0.3 is 0 Å². The SMILES string of the molecule is CCCCCN=Cc1ccccc1C=NCCCCC. The predicted molar refractivity (Wildman–Crippen MR) is 90.4 cm³/mol. The fourth-order valence-electron chi connectivity index (χ4n) is 1.98. The van der Waals surface area contributed by atoms with Crippen LogP contribution in [-0.2, 0) is 0 Å². The van der Waals surface area contributed by atoms with Crippen molar-refractivity contribution in [2.45, 2.75) is 52.4 Å². The minimum Gasteiger partial charge on any atom is -0.293 e. The molecule has 1 aromatic carbocycles. The van der Waals surface area contributed by atoms with E-state index in [2.05, 4.69) is 48.1 Å². The summed E-state index contributed by atoms with van der Waals surface area (Å²) < 4.78 is 0. The fourth-order valence-corrected chi connectivity index (χ4v) is 1.98. The number of hydrogen-bond donors (Lipinski definition) is 0. The molecule has 0 atom stereocenters. The summed E-state index contributed by atoms with van der Waals surface area (Å²) >= 11 is 0. The zero-order valence-electron chi connectivity index (χ0n) is 13.0. The maximum Gasteiger partial charge on any atom is 0.0389 e. The van der Waals surface area contributed by atoms with E-state index in [4.69, 9.17) is 0 Å². The number of rotatable bonds is 10. The summed E-state index contributed by atoms with van der Waals surface area (Å²) in [7, 11) is 0. The highest BCUT2D eigenvalue weighted by atomic mass is 14.7. The minimum atomic E-state index is 0.926. The molecular formula is C18H28N2. The Bertz CT molecular complexity index is 369. The van der Waals surface area contributed by atoms with Gasteiger partial charge in [0.25, 0.3) is 0 Å². The lowest BCUT2D eigenvalue weighted by atomic mass is 10.1. The maximum absolute atomic E-state index is 4.51. The first-order valence-electron chi connectivity index (χ1n) is 7.97. The number of hydrogen-bond acceptors (Lipinski definition) is 2. The Labute approximate surface area is 124 Å². The van der Waals surface area contributed by atoms with E-state index in [9.17, 15) is 0 Å². The topological polar surface area (TPSA) is 24.7 Å². The first kappa shape index (κ1) is 16.6. The number of aliphatic imine (C=N–C) groups is 2. The largest absolute Gasteiger partial charge is 0.293 e. The van der Waals surface area contributed by atoms with Crippen LogP contribution in [0.25, 0.3) is 0 Å². The summed E-state index contributed by atoms with van der Waals surface area (Å²) in [5.74, 6) is 0. The molecule has 0 saturated carbocycles. The Kier molecular flexibility index (Phi) is 9.46. The number of nitrogens with zero attached hydrogens (tertiary/aromatic N) is 2. The van der Waals surface area contributed by atoms with Crippen molar-refractivity contribution in [3.05, 3.63) is 35.4 Å². The molecule has 0 amide bonds. The van der Waals surface area contributed by atoms with Crippen molar-refractivity contribution in [3.8, 4) is 0 Å². The van der Waals surface area contributed by atoms with Gasteiger partial charge in [0.05, 0.1) is 0 Å². The standard InChI is InChI=1S/C18H28N2/c1-3-5-9-13-19-15-17-11-7-8-12-18(17)16-20-14-10-6-4-2/h7-8,11-12,15-16H,3-6,9-10,13-14H2,1-2H3. The van der Waals surface area contributed by atoms with Crippen LogP contribution in [0.4, 0.5) is 0 Å². The Morgan fingerprint density at radius 3 is 1.60 bits per heavy atom. The Balaban J connectivity index is 2.50. The molecule has 1 rings (SSSR count). The van der Waals surface area contributed by atoms with Gasteiger partial charge in [-0.1, -0.05) is 63.8 Å². The molecule has 0 spiro atoms. The van der Waals surface area contributed by atoms with Crippen LogP contribution in [0.3, 0.4) is 0 Å². The van der Waals surface area contributed by atoms with Crippen LogP contribution in [0.2, 0.25) is 0 Å². The number of unbranched alkanes of at least 4 members (excludes halogenated alkanes) is 4. The van der Waals surface area contributed by atoms with Crippen LogP contribution in [0.1, 0.15) is 63.5 Å². The van der Waals surface area contributed by atoms with Crippen molar-refractivity contribution in [2.75, 3.05) is 13.1 Å². The van der Waals surface area contributed by atoms with Gasteiger partial charge < -0.3 is 0 Å². The quantitative estimate of drug-likeness (QED) is 0.427. The molecule has 1 aromatic rings. The molecule has 0 aliphatic rings. The molecule has 20 heavy (non-hydrogen) atoms. The van der Waals surface area contributed by atoms with E-state index >= 15 is 0 Å². The average Bonchev–Trinajstić information content (AvgIpc) is 2.48. The molecule has 0 N–H and O–H groups in total. The summed E-state index contributed by atoms with van der Waals surface area (Å²) in [6.07, 6.45) is 11.4. The molecule has 0 radical (unpaired) electrons. The lowest BCUT2D eigenvalue weighted by Crippen LogP contribution is -1.93. The molecule has 0 aliphatic heterocycles. The van der Waals surface area contributed by atoms with Gasteiger partial charge in [-0.3, -0.25) is 9.98 Å². The zero-order chi connectivity index (χ0) is 14.5. The third-order valence-corrected chi connectivity index (χ3v) is 3.24. The Morgan fingerprint density at radius 1 is 0.750 bits per heavy atom. The summed E-state index contributed by atoms with van der Waals surface area (Å²) in [6.45, 7) is 6.29. The third-order valence-electron chi connectivity index (χ3n) is 3.24. The molecular weight excluding hydrogens is 244 g/mol. The van der Waals surface area contributed by atoms with Crippen molar-refractivity contribution in [3.63, 3.8) is 0 Å². The molecule has 0 bridgehead atoms. The smallest absolute Gasteiger partial charge is 0.0389 e. The fraction of sp³-hybridized carbons (Fsp3) is 0.556. The van der Waals surface area contributed by atoms with Crippen LogP contribution in [0.5, 0.6) is 0 Å². The van der Waals surface area contributed by atoms with Gasteiger partial charge in [0, 0.05) is 36.6 Å². The van der Waals surface area contributed by atoms with E-state index in [1.807, 2.05) is 12.4 Å². The van der Waals surface area contributed by atoms with Crippen molar-refractivity contribution in [2.24, 2.45) is 9.98 Å². The van der Waals surface area contributed by atoms with Gasteiger partial charge in [-0.25, -0.2) is 0 Å². The molecule has 110 valence electrons. The summed E-state index contributed by atoms with van der Waals surface area (Å²) in [4.78, 5) is 9.02. The van der Waals surface area contributed by atoms with Crippen molar-refractivity contribution < 1.29 is 0 Å². The highest BCUT2D eigenvalue weighted by Gasteiger charge is 1.95. The minimum absolute atomic E-state index is 0.926. The molecule has 2 nitrogen and oxygen atoms in total. The summed E-state index contributed by atoms with van der Waals surface area (Å²) in [5.41, 5.74) is 2.34. The molecule has 0 heterocycles. The Hall–Kier alpha value is -1.44. The van der Waals surface area contributed by atoms with Crippen molar-refractivity contribution in [1.82, 2.24) is 0 Å². The lowest BCUT2D eigenvalue weighted by molar-refractivity contribution is 0.729. The third kappa shape index (κ3) is 7.22. The highest BCUT2D eigenvalue weighted by molar-refractivity contribution is 5.94. The second-order valence-electron chi connectivity index (χ2n) is 5.11. The van der Waals surface area contributed by atoms with Gasteiger partial charge in [-0.15, -0.1) is 0 Å². The first-order valence-corrected chi connectivity index (χ1v) is 7.97. The van der Waals surface area contributed by atoms with E-state index in [1.165, 1.54) is 49.7 Å². The van der Waals surface area contributed by atoms with Crippen LogP contribution in [0.15, 0.2) is 34.3 Å². The highest BCUT2D eigenvalue weighted by Crippen LogP contribution is 2.04. The second kappa shape index (κ2) is 11.4. The molecule has 0 aliphatic carbocycles. The molecule has 0 fully saturated rings. The van der Waals surface area contributed by atoms with E-state index in [-0.39, 0.29) is 0 Å². The van der Waals surface area contributed by atoms with E-state index in [1.54, 1.807) is 0 Å². The molecule has 0 aromatic heterocycles. The zero-order valence-corrected chi connectivity index (χ0v) is 13.0. The van der Waals surface area contributed by atoms with Crippen LogP contribution in [-0.4, -0.2) is 25.5 Å². The van der Waals surface area contributed by atoms with Gasteiger partial charge in [0.1, 0.15) is 0 Å². The van der Waals surface area contributed by atoms with Crippen LogP contribution in [0, 0.1) is 0 Å². The summed E-state index contributed by atoms with van der Waals surface area (Å²) in [5, 5.41) is 0. The second-order valence-corrected chi connectivity index (χ2v) is 5.11. The molecule has 0 saturated heterocycles. The van der Waals surface area contributed by atoms with Crippen LogP contribution < -0.4 is 0 Å². The maximum atomic E-state index is 4.51. The first-order chi connectivity index (χ1) is 9.88. The molecule has 0 unspecified atom stereocenters. The van der Waals surface area contributed by atoms with Gasteiger partial charge in [-0.05, 0) is 12.8 Å². The van der Waals surface area contributed by atoms with E-state index < -0.39 is 0 Å². The van der Waals surface area contributed by atoms with Gasteiger partial charge in [0.15, 0.2) is 0 Å². The average molecular weight is 272 g/mol. The van der Waals surface area contributed by atoms with Crippen LogP contribution >= 0.6 is 0 Å².